The number of hydrogen-bond donors (Lipinski definition) is 6. The lowest BCUT2D eigenvalue weighted by Gasteiger charge is -2.33. The number of nitrogens with one attached hydrogen (secondary N) is 5. The minimum Gasteiger partial charge on any atom is -0.370 e. The van der Waals surface area contributed by atoms with Gasteiger partial charge < -0.3 is 21.7 Å². The number of carbonyl (C=O) groups excluding carboxylic acids is 1. The molecule has 0 aliphatic heterocycles. The van der Waals surface area contributed by atoms with Crippen LogP contribution in [-0.2, 0) is 10.0 Å². The molecule has 1 amide bonds. The van der Waals surface area contributed by atoms with E-state index in [2.05, 4.69) is 30.6 Å². The molecule has 36 heavy (non-hydrogen) atoms. The van der Waals surface area contributed by atoms with Gasteiger partial charge in [0.2, 0.25) is 15.8 Å². The first-order valence-electron chi connectivity index (χ1n) is 11.3. The van der Waals surface area contributed by atoms with Crippen molar-refractivity contribution >= 4 is 63.4 Å². The molecule has 2 aromatic rings. The molecule has 0 unspecified atom stereocenters. The Bertz CT molecular complexity index is 1190. The highest BCUT2D eigenvalue weighted by atomic mass is 35.5. The van der Waals surface area contributed by atoms with E-state index in [9.17, 15) is 13.2 Å². The maximum Gasteiger partial charge on any atom is 0.289 e. The van der Waals surface area contributed by atoms with Crippen LogP contribution >= 0.6 is 24.8 Å². The SMILES string of the molecule is Cc1ccc2nc(C(=O)NC(C)(C)CNS(C)(=O)=O)nc(N[C@H]3CCCC[C@H]3NC(=N)N)c2c1.Cl.Cl. The van der Waals surface area contributed by atoms with Gasteiger partial charge in [0.25, 0.3) is 5.91 Å². The zero-order valence-electron chi connectivity index (χ0n) is 20.8. The van der Waals surface area contributed by atoms with Gasteiger partial charge in [-0.1, -0.05) is 24.5 Å². The van der Waals surface area contributed by atoms with Crippen molar-refractivity contribution in [1.29, 1.82) is 5.41 Å². The smallest absolute Gasteiger partial charge is 0.289 e. The Kier molecular flexibility index (Phi) is 11.2. The number of benzene rings is 1. The van der Waals surface area contributed by atoms with E-state index in [0.717, 1.165) is 42.9 Å². The second kappa shape index (κ2) is 12.7. The van der Waals surface area contributed by atoms with Gasteiger partial charge in [-0.15, -0.1) is 24.8 Å². The monoisotopic (exact) mass is 562 g/mol. The molecule has 1 aromatic carbocycles. The molecule has 7 N–H and O–H groups in total. The number of nitrogens with two attached hydrogens (primary N) is 1. The summed E-state index contributed by atoms with van der Waals surface area (Å²) in [6.45, 7) is 5.43. The van der Waals surface area contributed by atoms with Gasteiger partial charge in [-0.25, -0.2) is 23.1 Å². The van der Waals surface area contributed by atoms with Crippen molar-refractivity contribution in [2.45, 2.75) is 64.1 Å². The fourth-order valence-electron chi connectivity index (χ4n) is 4.02. The molecular weight excluding hydrogens is 527 g/mol. The van der Waals surface area contributed by atoms with E-state index in [0.29, 0.717) is 11.3 Å². The molecule has 0 radical (unpaired) electrons. The minimum absolute atomic E-state index is 0. The number of fused-ring (bicyclic) bond motifs is 1. The molecule has 14 heteroatoms. The number of amides is 1. The number of guanidine groups is 1. The van der Waals surface area contributed by atoms with Crippen molar-refractivity contribution in [3.8, 4) is 0 Å². The van der Waals surface area contributed by atoms with Gasteiger partial charge in [0.1, 0.15) is 5.82 Å². The van der Waals surface area contributed by atoms with Gasteiger partial charge in [-0.2, -0.15) is 0 Å². The van der Waals surface area contributed by atoms with Crippen LogP contribution in [0.3, 0.4) is 0 Å². The number of nitrogens with zero attached hydrogens (tertiary/aromatic N) is 2. The molecule has 3 rings (SSSR count). The Morgan fingerprint density at radius 3 is 2.42 bits per heavy atom. The van der Waals surface area contributed by atoms with Crippen molar-refractivity contribution in [2.24, 2.45) is 5.73 Å². The number of sulfonamides is 1. The third-order valence-corrected chi connectivity index (χ3v) is 6.38. The average molecular weight is 564 g/mol. The summed E-state index contributed by atoms with van der Waals surface area (Å²) in [6.07, 6.45) is 4.88. The molecule has 1 fully saturated rings. The molecule has 0 saturated heterocycles. The van der Waals surface area contributed by atoms with Gasteiger partial charge in [-0.05, 0) is 45.7 Å². The lowest BCUT2D eigenvalue weighted by atomic mass is 9.90. The highest BCUT2D eigenvalue weighted by molar-refractivity contribution is 7.88. The molecular formula is C22H36Cl2N8O3S. The van der Waals surface area contributed by atoms with Gasteiger partial charge in [0.05, 0.1) is 11.8 Å². The molecule has 0 spiro atoms. The fourth-order valence-corrected chi connectivity index (χ4v) is 4.65. The maximum absolute atomic E-state index is 13.1. The van der Waals surface area contributed by atoms with Crippen LogP contribution in [0.15, 0.2) is 18.2 Å². The highest BCUT2D eigenvalue weighted by Crippen LogP contribution is 2.27. The molecule has 2 atom stereocenters. The number of anilines is 1. The summed E-state index contributed by atoms with van der Waals surface area (Å²) < 4.78 is 25.3. The van der Waals surface area contributed by atoms with Crippen LogP contribution in [-0.4, -0.2) is 60.7 Å². The van der Waals surface area contributed by atoms with E-state index >= 15 is 0 Å². The Morgan fingerprint density at radius 2 is 1.81 bits per heavy atom. The first-order valence-corrected chi connectivity index (χ1v) is 13.1. The van der Waals surface area contributed by atoms with Crippen molar-refractivity contribution in [3.63, 3.8) is 0 Å². The van der Waals surface area contributed by atoms with Crippen LogP contribution in [0.2, 0.25) is 0 Å². The second-order valence-electron chi connectivity index (χ2n) is 9.55. The highest BCUT2D eigenvalue weighted by Gasteiger charge is 2.28. The molecule has 11 nitrogen and oxygen atoms in total. The maximum atomic E-state index is 13.1. The van der Waals surface area contributed by atoms with Gasteiger partial charge >= 0.3 is 0 Å². The summed E-state index contributed by atoms with van der Waals surface area (Å²) in [7, 11) is -3.40. The first-order chi connectivity index (χ1) is 15.8. The number of hydrogen-bond acceptors (Lipinski definition) is 7. The summed E-state index contributed by atoms with van der Waals surface area (Å²) in [5.41, 5.74) is 6.38. The predicted octanol–water partition coefficient (Wildman–Crippen LogP) is 2.05. The largest absolute Gasteiger partial charge is 0.370 e. The van der Waals surface area contributed by atoms with Crippen molar-refractivity contribution in [1.82, 2.24) is 25.3 Å². The number of aryl methyl sites for hydroxylation is 1. The fraction of sp³-hybridized carbons (Fsp3) is 0.545. The van der Waals surface area contributed by atoms with Gasteiger partial charge in [0, 0.05) is 29.6 Å². The molecule has 0 bridgehead atoms. The normalized spacial score (nSPS) is 17.9. The molecule has 1 aromatic heterocycles. The zero-order valence-corrected chi connectivity index (χ0v) is 23.3. The first kappa shape index (κ1) is 31.6. The zero-order chi connectivity index (χ0) is 25.1. The van der Waals surface area contributed by atoms with Gasteiger partial charge in [0.15, 0.2) is 5.96 Å². The Hall–Kier alpha value is -2.41. The Morgan fingerprint density at radius 1 is 1.17 bits per heavy atom. The van der Waals surface area contributed by atoms with Gasteiger partial charge in [-0.3, -0.25) is 10.2 Å². The van der Waals surface area contributed by atoms with Crippen molar-refractivity contribution in [3.05, 3.63) is 29.6 Å². The van der Waals surface area contributed by atoms with E-state index in [1.54, 1.807) is 13.8 Å². The minimum atomic E-state index is -3.40. The summed E-state index contributed by atoms with van der Waals surface area (Å²) in [6, 6.07) is 5.68. The summed E-state index contributed by atoms with van der Waals surface area (Å²) in [4.78, 5) is 22.1. The third kappa shape index (κ3) is 8.91. The Balaban J connectivity index is 0.00000324. The lowest BCUT2D eigenvalue weighted by Crippen LogP contribution is -2.51. The summed E-state index contributed by atoms with van der Waals surface area (Å²) in [5.74, 6) is -0.0636. The van der Waals surface area contributed by atoms with E-state index in [1.165, 1.54) is 0 Å². The number of aromatic nitrogens is 2. The standard InChI is InChI=1S/C22H34N8O3S.2ClH/c1-13-9-10-15-14(11-13)18(27-16-7-5-6-8-17(16)28-21(23)24)29-19(26-15)20(31)30-22(2,3)12-25-34(4,32)33;;/h9-11,16-17,25H,5-8,12H2,1-4H3,(H,30,31)(H4,23,24,28)(H,26,27,29);2*1H/t16-,17+;;/m0../s1. The summed E-state index contributed by atoms with van der Waals surface area (Å²) in [5, 5.41) is 17.7. The molecule has 1 aliphatic rings. The van der Waals surface area contributed by atoms with E-state index in [-0.39, 0.29) is 55.2 Å². The van der Waals surface area contributed by atoms with Crippen LogP contribution < -0.4 is 26.4 Å². The van der Waals surface area contributed by atoms with Crippen molar-refractivity contribution in [2.75, 3.05) is 18.1 Å². The third-order valence-electron chi connectivity index (χ3n) is 5.71. The topological polar surface area (TPSA) is 175 Å². The molecule has 1 saturated carbocycles. The second-order valence-corrected chi connectivity index (χ2v) is 11.4. The number of rotatable bonds is 8. The average Bonchev–Trinajstić information content (AvgIpc) is 2.73. The Labute approximate surface area is 224 Å². The lowest BCUT2D eigenvalue weighted by molar-refractivity contribution is 0.0904. The van der Waals surface area contributed by atoms with E-state index in [4.69, 9.17) is 11.1 Å². The van der Waals surface area contributed by atoms with Crippen LogP contribution in [0.25, 0.3) is 10.9 Å². The van der Waals surface area contributed by atoms with Crippen LogP contribution in [0.5, 0.6) is 0 Å². The van der Waals surface area contributed by atoms with Crippen LogP contribution in [0.4, 0.5) is 5.82 Å². The molecule has 1 heterocycles. The van der Waals surface area contributed by atoms with Crippen LogP contribution in [0, 0.1) is 12.3 Å². The molecule has 1 aliphatic carbocycles. The predicted molar refractivity (Wildman–Crippen MR) is 148 cm³/mol. The number of carbonyl (C=O) groups is 1. The quantitative estimate of drug-likeness (QED) is 0.209. The van der Waals surface area contributed by atoms with Crippen LogP contribution in [0.1, 0.15) is 55.7 Å². The van der Waals surface area contributed by atoms with Crippen molar-refractivity contribution < 1.29 is 13.2 Å². The van der Waals surface area contributed by atoms with E-state index in [1.807, 2.05) is 25.1 Å². The summed E-state index contributed by atoms with van der Waals surface area (Å²) >= 11 is 0. The molecule has 202 valence electrons. The number of halogens is 2. The van der Waals surface area contributed by atoms with E-state index < -0.39 is 21.5 Å².